The minimum absolute atomic E-state index is 0.0255. The quantitative estimate of drug-likeness (QED) is 0.738. The van der Waals surface area contributed by atoms with Crippen molar-refractivity contribution in [3.8, 4) is 0 Å². The highest BCUT2D eigenvalue weighted by molar-refractivity contribution is 6.67. The van der Waals surface area contributed by atoms with E-state index in [2.05, 4.69) is 0 Å². The molecule has 1 fully saturated rings. The standard InChI is InChI=1S/C14H16Cl3NO/c1-10-8-18(11-6-4-3-5-7-11)12(19)13(10,2)9-14(15,16)17/h3-7,10H,8-9H2,1-2H3/t10-,13-/m1/s1. The SMILES string of the molecule is C[C@@H]1CN(c2ccccc2)C(=O)[C@]1(C)CC(Cl)(Cl)Cl. The Kier molecular flexibility index (Phi) is 4.06. The van der Waals surface area contributed by atoms with Gasteiger partial charge < -0.3 is 4.90 Å². The lowest BCUT2D eigenvalue weighted by atomic mass is 9.78. The Hall–Kier alpha value is -0.440. The first kappa shape index (κ1) is 15.0. The van der Waals surface area contributed by atoms with Crippen molar-refractivity contribution in [2.45, 2.75) is 24.1 Å². The lowest BCUT2D eigenvalue weighted by Crippen LogP contribution is -2.36. The Morgan fingerprint density at radius 1 is 1.32 bits per heavy atom. The van der Waals surface area contributed by atoms with Crippen LogP contribution in [0.2, 0.25) is 0 Å². The lowest BCUT2D eigenvalue weighted by Gasteiger charge is -2.29. The van der Waals surface area contributed by atoms with Gasteiger partial charge in [0.1, 0.15) is 0 Å². The fraction of sp³-hybridized carbons (Fsp3) is 0.500. The molecule has 0 aliphatic carbocycles. The van der Waals surface area contributed by atoms with E-state index < -0.39 is 9.21 Å². The number of carbonyl (C=O) groups is 1. The molecule has 2 rings (SSSR count). The van der Waals surface area contributed by atoms with Crippen molar-refractivity contribution in [1.82, 2.24) is 0 Å². The maximum absolute atomic E-state index is 12.7. The summed E-state index contributed by atoms with van der Waals surface area (Å²) in [6.07, 6.45) is 0.230. The zero-order valence-electron chi connectivity index (χ0n) is 10.9. The van der Waals surface area contributed by atoms with Crippen molar-refractivity contribution in [2.75, 3.05) is 11.4 Å². The minimum atomic E-state index is -1.41. The molecule has 1 aromatic carbocycles. The molecule has 19 heavy (non-hydrogen) atoms. The van der Waals surface area contributed by atoms with Gasteiger partial charge in [-0.1, -0.05) is 66.8 Å². The van der Waals surface area contributed by atoms with E-state index >= 15 is 0 Å². The second kappa shape index (κ2) is 5.16. The Morgan fingerprint density at radius 2 is 1.89 bits per heavy atom. The zero-order chi connectivity index (χ0) is 14.3. The molecule has 0 bridgehead atoms. The summed E-state index contributed by atoms with van der Waals surface area (Å²) in [7, 11) is 0. The number of hydrogen-bond acceptors (Lipinski definition) is 1. The van der Waals surface area contributed by atoms with Crippen LogP contribution in [0.4, 0.5) is 5.69 Å². The predicted molar refractivity (Wildman–Crippen MR) is 81.0 cm³/mol. The van der Waals surface area contributed by atoms with Crippen LogP contribution >= 0.6 is 34.8 Å². The van der Waals surface area contributed by atoms with Gasteiger partial charge in [0.15, 0.2) is 3.79 Å². The lowest BCUT2D eigenvalue weighted by molar-refractivity contribution is -0.126. The van der Waals surface area contributed by atoms with Gasteiger partial charge in [0.2, 0.25) is 5.91 Å². The second-order valence-corrected chi connectivity index (χ2v) is 7.88. The molecule has 1 aromatic rings. The number of carbonyl (C=O) groups excluding carboxylic acids is 1. The summed E-state index contributed by atoms with van der Waals surface area (Å²) in [5.74, 6) is 0.161. The molecular formula is C14H16Cl3NO. The molecule has 1 aliphatic heterocycles. The molecule has 1 amide bonds. The van der Waals surface area contributed by atoms with Crippen molar-refractivity contribution in [3.63, 3.8) is 0 Å². The number of anilines is 1. The Labute approximate surface area is 128 Å². The second-order valence-electron chi connectivity index (χ2n) is 5.36. The molecule has 0 spiro atoms. The summed E-state index contributed by atoms with van der Waals surface area (Å²) in [5, 5.41) is 0. The van der Waals surface area contributed by atoms with Crippen LogP contribution in [0.3, 0.4) is 0 Å². The van der Waals surface area contributed by atoms with Crippen LogP contribution < -0.4 is 4.90 Å². The van der Waals surface area contributed by atoms with E-state index in [4.69, 9.17) is 34.8 Å². The fourth-order valence-corrected chi connectivity index (χ4v) is 3.41. The molecule has 5 heteroatoms. The third kappa shape index (κ3) is 3.01. The monoisotopic (exact) mass is 319 g/mol. The molecule has 104 valence electrons. The molecule has 0 aromatic heterocycles. The minimum Gasteiger partial charge on any atom is -0.312 e. The van der Waals surface area contributed by atoms with E-state index in [1.165, 1.54) is 0 Å². The smallest absolute Gasteiger partial charge is 0.233 e. The van der Waals surface area contributed by atoms with E-state index in [-0.39, 0.29) is 18.2 Å². The summed E-state index contributed by atoms with van der Waals surface area (Å²) in [6.45, 7) is 4.56. The highest BCUT2D eigenvalue weighted by Gasteiger charge is 2.51. The number of rotatable bonds is 2. The Bertz CT molecular complexity index is 471. The third-order valence-electron chi connectivity index (χ3n) is 3.91. The maximum Gasteiger partial charge on any atom is 0.233 e. The van der Waals surface area contributed by atoms with Crippen LogP contribution in [0.5, 0.6) is 0 Å². The van der Waals surface area contributed by atoms with E-state index in [0.29, 0.717) is 6.54 Å². The Balaban J connectivity index is 2.28. The van der Waals surface area contributed by atoms with Crippen LogP contribution in [-0.4, -0.2) is 16.2 Å². The third-order valence-corrected chi connectivity index (χ3v) is 4.31. The molecule has 1 aliphatic rings. The first-order valence-electron chi connectivity index (χ1n) is 6.18. The highest BCUT2D eigenvalue weighted by Crippen LogP contribution is 2.48. The van der Waals surface area contributed by atoms with Crippen LogP contribution in [0, 0.1) is 11.3 Å². The number of amides is 1. The topological polar surface area (TPSA) is 20.3 Å². The average molecular weight is 321 g/mol. The normalized spacial score (nSPS) is 27.9. The Morgan fingerprint density at radius 3 is 2.42 bits per heavy atom. The molecule has 0 saturated carbocycles. The number of halogens is 3. The molecule has 1 saturated heterocycles. The molecule has 0 radical (unpaired) electrons. The molecule has 0 N–H and O–H groups in total. The first-order valence-corrected chi connectivity index (χ1v) is 7.31. The fourth-order valence-electron chi connectivity index (χ4n) is 2.57. The first-order chi connectivity index (χ1) is 8.74. The summed E-state index contributed by atoms with van der Waals surface area (Å²) < 4.78 is -1.41. The van der Waals surface area contributed by atoms with Crippen molar-refractivity contribution in [1.29, 1.82) is 0 Å². The van der Waals surface area contributed by atoms with Gasteiger partial charge in [-0.05, 0) is 18.1 Å². The van der Waals surface area contributed by atoms with E-state index in [9.17, 15) is 4.79 Å². The number of para-hydroxylation sites is 1. The van der Waals surface area contributed by atoms with Gasteiger partial charge >= 0.3 is 0 Å². The largest absolute Gasteiger partial charge is 0.312 e. The van der Waals surface area contributed by atoms with Gasteiger partial charge in [-0.3, -0.25) is 4.79 Å². The number of alkyl halides is 3. The summed E-state index contributed by atoms with van der Waals surface area (Å²) in [5.41, 5.74) is 0.258. The summed E-state index contributed by atoms with van der Waals surface area (Å²) in [6, 6.07) is 9.60. The van der Waals surface area contributed by atoms with Gasteiger partial charge in [-0.25, -0.2) is 0 Å². The van der Waals surface area contributed by atoms with Gasteiger partial charge in [-0.2, -0.15) is 0 Å². The van der Waals surface area contributed by atoms with E-state index in [1.54, 1.807) is 4.90 Å². The van der Waals surface area contributed by atoms with Gasteiger partial charge in [0.05, 0.1) is 5.41 Å². The van der Waals surface area contributed by atoms with Crippen LogP contribution in [0.1, 0.15) is 20.3 Å². The van der Waals surface area contributed by atoms with Crippen molar-refractivity contribution >= 4 is 46.4 Å². The van der Waals surface area contributed by atoms with Gasteiger partial charge in [-0.15, -0.1) is 0 Å². The molecule has 2 nitrogen and oxygen atoms in total. The van der Waals surface area contributed by atoms with E-state index in [0.717, 1.165) is 5.69 Å². The van der Waals surface area contributed by atoms with Crippen LogP contribution in [0.25, 0.3) is 0 Å². The highest BCUT2D eigenvalue weighted by atomic mass is 35.6. The predicted octanol–water partition coefficient (Wildman–Crippen LogP) is 4.44. The maximum atomic E-state index is 12.7. The van der Waals surface area contributed by atoms with Crippen LogP contribution in [0.15, 0.2) is 30.3 Å². The molecule has 0 unspecified atom stereocenters. The van der Waals surface area contributed by atoms with Gasteiger partial charge in [0.25, 0.3) is 0 Å². The summed E-state index contributed by atoms with van der Waals surface area (Å²) in [4.78, 5) is 14.4. The average Bonchev–Trinajstić information content (AvgIpc) is 2.53. The number of hydrogen-bond donors (Lipinski definition) is 0. The number of benzene rings is 1. The molecule has 2 atom stereocenters. The molecular weight excluding hydrogens is 305 g/mol. The van der Waals surface area contributed by atoms with Gasteiger partial charge in [0, 0.05) is 18.7 Å². The van der Waals surface area contributed by atoms with Crippen molar-refractivity contribution in [3.05, 3.63) is 30.3 Å². The molecule has 1 heterocycles. The van der Waals surface area contributed by atoms with Crippen molar-refractivity contribution < 1.29 is 4.79 Å². The summed E-state index contributed by atoms with van der Waals surface area (Å²) >= 11 is 17.7. The van der Waals surface area contributed by atoms with Crippen molar-refractivity contribution in [2.24, 2.45) is 11.3 Å². The van der Waals surface area contributed by atoms with Crippen LogP contribution in [-0.2, 0) is 4.79 Å². The van der Waals surface area contributed by atoms with E-state index in [1.807, 2.05) is 44.2 Å². The number of nitrogens with zero attached hydrogens (tertiary/aromatic N) is 1. The zero-order valence-corrected chi connectivity index (χ0v) is 13.1.